The Morgan fingerprint density at radius 2 is 2.08 bits per heavy atom. The zero-order valence-electron chi connectivity index (χ0n) is 7.41. The number of aliphatic hydroxyl groups excluding tert-OH is 1. The van der Waals surface area contributed by atoms with Crippen LogP contribution < -0.4 is 11.1 Å². The van der Waals surface area contributed by atoms with E-state index in [9.17, 15) is 4.79 Å². The fourth-order valence-corrected chi connectivity index (χ4v) is 0.565. The van der Waals surface area contributed by atoms with E-state index in [0.717, 1.165) is 0 Å². The van der Waals surface area contributed by atoms with Gasteiger partial charge in [0, 0.05) is 6.54 Å². The number of nitrogens with two attached hydrogens (primary N) is 1. The third-order valence-corrected chi connectivity index (χ3v) is 1.27. The molecule has 0 spiro atoms. The molecule has 1 amide bonds. The Bertz CT molecular complexity index is 129. The minimum Gasteiger partial charge on any atom is -0.393 e. The van der Waals surface area contributed by atoms with Gasteiger partial charge in [0.1, 0.15) is 0 Å². The van der Waals surface area contributed by atoms with Crippen LogP contribution in [0, 0.1) is 0 Å². The molecule has 0 bridgehead atoms. The Balaban J connectivity index is 0. The van der Waals surface area contributed by atoms with Crippen molar-refractivity contribution in [1.82, 2.24) is 5.32 Å². The van der Waals surface area contributed by atoms with E-state index in [-0.39, 0.29) is 24.4 Å². The number of aliphatic hydroxyl groups is 1. The molecular formula is C7H17ClN2O2. The van der Waals surface area contributed by atoms with Crippen molar-refractivity contribution in [3.8, 4) is 0 Å². The van der Waals surface area contributed by atoms with E-state index in [1.807, 2.05) is 0 Å². The summed E-state index contributed by atoms with van der Waals surface area (Å²) in [5, 5.41) is 11.4. The number of hydrogen-bond donors (Lipinski definition) is 3. The number of rotatable bonds is 4. The second-order valence-corrected chi connectivity index (χ2v) is 2.72. The minimum absolute atomic E-state index is 0. The van der Waals surface area contributed by atoms with Gasteiger partial charge in [-0.2, -0.15) is 0 Å². The van der Waals surface area contributed by atoms with Crippen LogP contribution in [-0.2, 0) is 4.79 Å². The molecule has 0 aliphatic carbocycles. The molecule has 0 aliphatic rings. The molecule has 74 valence electrons. The molecule has 0 fully saturated rings. The summed E-state index contributed by atoms with van der Waals surface area (Å²) in [6, 6.07) is -0.469. The van der Waals surface area contributed by atoms with Crippen molar-refractivity contribution in [2.45, 2.75) is 32.4 Å². The highest BCUT2D eigenvalue weighted by Crippen LogP contribution is 1.86. The van der Waals surface area contributed by atoms with E-state index < -0.39 is 6.04 Å². The molecule has 2 atom stereocenters. The quantitative estimate of drug-likeness (QED) is 0.575. The van der Waals surface area contributed by atoms with Gasteiger partial charge in [-0.3, -0.25) is 4.79 Å². The number of hydrogen-bond acceptors (Lipinski definition) is 3. The van der Waals surface area contributed by atoms with Gasteiger partial charge in [-0.15, -0.1) is 12.4 Å². The Morgan fingerprint density at radius 3 is 2.42 bits per heavy atom. The first kappa shape index (κ1) is 14.2. The second kappa shape index (κ2) is 7.34. The lowest BCUT2D eigenvalue weighted by molar-refractivity contribution is -0.122. The number of nitrogens with one attached hydrogen (secondary N) is 1. The number of carbonyl (C=O) groups excluding carboxylic acids is 1. The molecule has 0 rings (SSSR count). The third kappa shape index (κ3) is 7.78. The maximum atomic E-state index is 10.8. The van der Waals surface area contributed by atoms with Crippen LogP contribution in [0.25, 0.3) is 0 Å². The molecule has 0 aromatic rings. The lowest BCUT2D eigenvalue weighted by Crippen LogP contribution is -2.39. The van der Waals surface area contributed by atoms with Crippen molar-refractivity contribution in [2.75, 3.05) is 6.54 Å². The summed E-state index contributed by atoms with van der Waals surface area (Å²) in [4.78, 5) is 10.8. The summed E-state index contributed by atoms with van der Waals surface area (Å²) < 4.78 is 0. The van der Waals surface area contributed by atoms with Gasteiger partial charge < -0.3 is 16.2 Å². The van der Waals surface area contributed by atoms with E-state index in [1.165, 1.54) is 0 Å². The van der Waals surface area contributed by atoms with Crippen molar-refractivity contribution in [3.63, 3.8) is 0 Å². The van der Waals surface area contributed by atoms with Gasteiger partial charge in [-0.1, -0.05) is 0 Å². The first-order valence-corrected chi connectivity index (χ1v) is 3.75. The molecular weight excluding hydrogens is 180 g/mol. The van der Waals surface area contributed by atoms with Crippen molar-refractivity contribution in [1.29, 1.82) is 0 Å². The summed E-state index contributed by atoms with van der Waals surface area (Å²) in [7, 11) is 0. The van der Waals surface area contributed by atoms with Gasteiger partial charge in [0.2, 0.25) is 5.91 Å². The number of amides is 1. The van der Waals surface area contributed by atoms with Crippen LogP contribution in [0.3, 0.4) is 0 Å². The van der Waals surface area contributed by atoms with E-state index in [2.05, 4.69) is 5.32 Å². The topological polar surface area (TPSA) is 75.3 Å². The van der Waals surface area contributed by atoms with Crippen LogP contribution in [0.4, 0.5) is 0 Å². The van der Waals surface area contributed by atoms with Crippen molar-refractivity contribution in [2.24, 2.45) is 5.73 Å². The molecule has 0 saturated carbocycles. The normalized spacial score (nSPS) is 14.3. The molecule has 5 heteroatoms. The Hall–Kier alpha value is -0.320. The van der Waals surface area contributed by atoms with Crippen LogP contribution >= 0.6 is 12.4 Å². The van der Waals surface area contributed by atoms with Gasteiger partial charge in [-0.05, 0) is 20.3 Å². The molecule has 12 heavy (non-hydrogen) atoms. The maximum Gasteiger partial charge on any atom is 0.236 e. The van der Waals surface area contributed by atoms with Crippen molar-refractivity contribution >= 4 is 18.3 Å². The SMILES string of the molecule is CC(O)CCNC(=O)C(C)N.Cl. The number of halogens is 1. The summed E-state index contributed by atoms with van der Waals surface area (Å²) >= 11 is 0. The van der Waals surface area contributed by atoms with Gasteiger partial charge in [0.15, 0.2) is 0 Å². The average molecular weight is 197 g/mol. The summed E-state index contributed by atoms with van der Waals surface area (Å²) in [6.07, 6.45) is 0.196. The first-order valence-electron chi connectivity index (χ1n) is 3.75. The monoisotopic (exact) mass is 196 g/mol. The van der Waals surface area contributed by atoms with E-state index in [1.54, 1.807) is 13.8 Å². The number of carbonyl (C=O) groups is 1. The van der Waals surface area contributed by atoms with Gasteiger partial charge in [0.05, 0.1) is 12.1 Å². The molecule has 0 heterocycles. The Morgan fingerprint density at radius 1 is 1.58 bits per heavy atom. The van der Waals surface area contributed by atoms with Crippen LogP contribution in [0.5, 0.6) is 0 Å². The van der Waals surface area contributed by atoms with Crippen LogP contribution in [0.15, 0.2) is 0 Å². The third-order valence-electron chi connectivity index (χ3n) is 1.27. The maximum absolute atomic E-state index is 10.8. The van der Waals surface area contributed by atoms with Gasteiger partial charge in [-0.25, -0.2) is 0 Å². The summed E-state index contributed by atoms with van der Waals surface area (Å²) in [6.45, 7) is 3.79. The minimum atomic E-state index is -0.469. The van der Waals surface area contributed by atoms with Gasteiger partial charge in [0.25, 0.3) is 0 Å². The largest absolute Gasteiger partial charge is 0.393 e. The van der Waals surface area contributed by atoms with E-state index in [0.29, 0.717) is 13.0 Å². The standard InChI is InChI=1S/C7H16N2O2.ClH/c1-5(10)3-4-9-7(11)6(2)8;/h5-6,10H,3-4,8H2,1-2H3,(H,9,11);1H. The molecule has 0 aromatic heterocycles. The van der Waals surface area contributed by atoms with Crippen molar-refractivity contribution in [3.05, 3.63) is 0 Å². The fourth-order valence-electron chi connectivity index (χ4n) is 0.565. The lowest BCUT2D eigenvalue weighted by Gasteiger charge is -2.08. The smallest absolute Gasteiger partial charge is 0.236 e. The first-order chi connectivity index (χ1) is 5.04. The Kier molecular flexibility index (Phi) is 8.69. The predicted molar refractivity (Wildman–Crippen MR) is 50.2 cm³/mol. The average Bonchev–Trinajstić information content (AvgIpc) is 1.86. The van der Waals surface area contributed by atoms with Crippen molar-refractivity contribution < 1.29 is 9.90 Å². The predicted octanol–water partition coefficient (Wildman–Crippen LogP) is -0.358. The molecule has 4 N–H and O–H groups in total. The zero-order chi connectivity index (χ0) is 8.85. The summed E-state index contributed by atoms with van der Waals surface area (Å²) in [5.74, 6) is -0.175. The van der Waals surface area contributed by atoms with Crippen LogP contribution in [0.1, 0.15) is 20.3 Å². The highest BCUT2D eigenvalue weighted by Gasteiger charge is 2.05. The van der Waals surface area contributed by atoms with Crippen LogP contribution in [-0.4, -0.2) is 29.7 Å². The molecule has 0 radical (unpaired) electrons. The molecule has 0 aliphatic heterocycles. The fraction of sp³-hybridized carbons (Fsp3) is 0.857. The van der Waals surface area contributed by atoms with Gasteiger partial charge >= 0.3 is 0 Å². The molecule has 0 aromatic carbocycles. The molecule has 0 saturated heterocycles. The van der Waals surface area contributed by atoms with E-state index >= 15 is 0 Å². The molecule has 4 nitrogen and oxygen atoms in total. The zero-order valence-corrected chi connectivity index (χ0v) is 8.23. The van der Waals surface area contributed by atoms with E-state index in [4.69, 9.17) is 10.8 Å². The lowest BCUT2D eigenvalue weighted by atomic mass is 10.3. The molecule has 2 unspecified atom stereocenters. The second-order valence-electron chi connectivity index (χ2n) is 2.72. The summed E-state index contributed by atoms with van der Waals surface area (Å²) in [5.41, 5.74) is 5.28. The highest BCUT2D eigenvalue weighted by molar-refractivity contribution is 5.85. The van der Waals surface area contributed by atoms with Crippen LogP contribution in [0.2, 0.25) is 0 Å². The highest BCUT2D eigenvalue weighted by atomic mass is 35.5. The Labute approximate surface area is 78.9 Å².